The summed E-state index contributed by atoms with van der Waals surface area (Å²) >= 11 is 0. The molecule has 9 heteroatoms. The second kappa shape index (κ2) is 5.10. The quantitative estimate of drug-likeness (QED) is 0.749. The van der Waals surface area contributed by atoms with E-state index in [2.05, 4.69) is 14.9 Å². The van der Waals surface area contributed by atoms with Gasteiger partial charge in [-0.15, -0.1) is 0 Å². The highest BCUT2D eigenvalue weighted by Gasteiger charge is 2.20. The summed E-state index contributed by atoms with van der Waals surface area (Å²) in [5.41, 5.74) is 0.429. The number of rotatable bonds is 5. The van der Waals surface area contributed by atoms with Gasteiger partial charge in [0.1, 0.15) is 22.0 Å². The van der Waals surface area contributed by atoms with Crippen LogP contribution >= 0.6 is 0 Å². The van der Waals surface area contributed by atoms with Gasteiger partial charge in [-0.25, -0.2) is 17.9 Å². The second-order valence-electron chi connectivity index (χ2n) is 4.17. The fourth-order valence-electron chi connectivity index (χ4n) is 1.70. The molecule has 0 amide bonds. The molecule has 0 aliphatic heterocycles. The minimum Gasteiger partial charge on any atom is -0.478 e. The number of aryl methyl sites for hydroxylation is 2. The standard InChI is InChI=1S/C11H13N3O5S/c1-6-10(5-12-14-6)20(17,18)13-4-8-3-9(11(15)16)7(2)19-8/h3,5,13H,4H2,1-2H3,(H,12,14)(H,15,16). The molecule has 2 rings (SSSR count). The largest absolute Gasteiger partial charge is 0.478 e. The van der Waals surface area contributed by atoms with E-state index in [-0.39, 0.29) is 28.5 Å². The van der Waals surface area contributed by atoms with Gasteiger partial charge in [-0.1, -0.05) is 0 Å². The summed E-state index contributed by atoms with van der Waals surface area (Å²) in [6.45, 7) is 2.95. The summed E-state index contributed by atoms with van der Waals surface area (Å²) in [6.07, 6.45) is 1.20. The van der Waals surface area contributed by atoms with Gasteiger partial charge in [-0.3, -0.25) is 5.10 Å². The molecule has 0 aliphatic carbocycles. The van der Waals surface area contributed by atoms with Crippen LogP contribution < -0.4 is 4.72 Å². The molecule has 0 saturated heterocycles. The Kier molecular flexibility index (Phi) is 3.64. The molecule has 2 aromatic rings. The summed E-state index contributed by atoms with van der Waals surface area (Å²) in [4.78, 5) is 10.9. The minimum atomic E-state index is -3.72. The zero-order valence-electron chi connectivity index (χ0n) is 10.8. The molecular formula is C11H13N3O5S. The van der Waals surface area contributed by atoms with Crippen molar-refractivity contribution in [2.45, 2.75) is 25.3 Å². The van der Waals surface area contributed by atoms with Gasteiger partial charge in [-0.2, -0.15) is 5.10 Å². The zero-order valence-corrected chi connectivity index (χ0v) is 11.6. The van der Waals surface area contributed by atoms with Crippen molar-refractivity contribution in [1.82, 2.24) is 14.9 Å². The molecule has 0 radical (unpaired) electrons. The smallest absolute Gasteiger partial charge is 0.339 e. The minimum absolute atomic E-state index is 0.0127. The summed E-state index contributed by atoms with van der Waals surface area (Å²) in [5, 5.41) is 15.1. The Balaban J connectivity index is 2.15. The van der Waals surface area contributed by atoms with Gasteiger partial charge < -0.3 is 9.52 Å². The number of hydrogen-bond acceptors (Lipinski definition) is 5. The fourth-order valence-corrected chi connectivity index (χ4v) is 2.83. The van der Waals surface area contributed by atoms with Crippen molar-refractivity contribution in [1.29, 1.82) is 0 Å². The molecule has 0 fully saturated rings. The van der Waals surface area contributed by atoms with Crippen molar-refractivity contribution < 1.29 is 22.7 Å². The summed E-state index contributed by atoms with van der Waals surface area (Å²) in [6, 6.07) is 1.29. The van der Waals surface area contributed by atoms with Crippen LogP contribution in [0, 0.1) is 13.8 Å². The molecule has 2 heterocycles. The number of carboxylic acid groups (broad SMARTS) is 1. The van der Waals surface area contributed by atoms with Gasteiger partial charge in [0, 0.05) is 0 Å². The number of carbonyl (C=O) groups is 1. The molecule has 2 aromatic heterocycles. The highest BCUT2D eigenvalue weighted by atomic mass is 32.2. The lowest BCUT2D eigenvalue weighted by Crippen LogP contribution is -2.23. The van der Waals surface area contributed by atoms with Crippen molar-refractivity contribution >= 4 is 16.0 Å². The lowest BCUT2D eigenvalue weighted by Gasteiger charge is -2.03. The molecule has 108 valence electrons. The Hall–Kier alpha value is -2.13. The number of aromatic carboxylic acids is 1. The number of furan rings is 1. The number of nitrogens with zero attached hydrogens (tertiary/aromatic N) is 1. The van der Waals surface area contributed by atoms with Crippen LogP contribution in [0.3, 0.4) is 0 Å². The van der Waals surface area contributed by atoms with E-state index in [0.717, 1.165) is 0 Å². The first-order valence-electron chi connectivity index (χ1n) is 5.63. The Morgan fingerprint density at radius 3 is 2.70 bits per heavy atom. The zero-order chi connectivity index (χ0) is 14.9. The Labute approximate surface area is 114 Å². The average molecular weight is 299 g/mol. The van der Waals surface area contributed by atoms with Gasteiger partial charge in [0.25, 0.3) is 0 Å². The molecule has 0 aliphatic rings. The van der Waals surface area contributed by atoms with Crippen LogP contribution in [0.15, 0.2) is 21.6 Å². The first-order chi connectivity index (χ1) is 9.31. The van der Waals surface area contributed by atoms with Crippen LogP contribution in [0.1, 0.15) is 27.6 Å². The van der Waals surface area contributed by atoms with Crippen LogP contribution in [-0.2, 0) is 16.6 Å². The van der Waals surface area contributed by atoms with E-state index in [1.807, 2.05) is 0 Å². The summed E-state index contributed by atoms with van der Waals surface area (Å²) in [7, 11) is -3.72. The number of carboxylic acids is 1. The van der Waals surface area contributed by atoms with E-state index in [1.165, 1.54) is 19.2 Å². The van der Waals surface area contributed by atoms with Crippen molar-refractivity contribution in [3.05, 3.63) is 35.0 Å². The van der Waals surface area contributed by atoms with Crippen LogP contribution in [-0.4, -0.2) is 29.7 Å². The Morgan fingerprint density at radius 2 is 2.20 bits per heavy atom. The molecule has 8 nitrogen and oxygen atoms in total. The Morgan fingerprint density at radius 1 is 1.50 bits per heavy atom. The van der Waals surface area contributed by atoms with Crippen LogP contribution in [0.2, 0.25) is 0 Å². The highest BCUT2D eigenvalue weighted by molar-refractivity contribution is 7.89. The van der Waals surface area contributed by atoms with Crippen LogP contribution in [0.25, 0.3) is 0 Å². The Bertz CT molecular complexity index is 744. The number of nitrogens with one attached hydrogen (secondary N) is 2. The number of aromatic nitrogens is 2. The maximum atomic E-state index is 12.0. The monoisotopic (exact) mass is 299 g/mol. The average Bonchev–Trinajstić information content (AvgIpc) is 2.93. The van der Waals surface area contributed by atoms with Crippen molar-refractivity contribution in [3.8, 4) is 0 Å². The number of hydrogen-bond donors (Lipinski definition) is 3. The third-order valence-corrected chi connectivity index (χ3v) is 4.22. The SMILES string of the molecule is Cc1[nH]ncc1S(=O)(=O)NCc1cc(C(=O)O)c(C)o1. The molecule has 3 N–H and O–H groups in total. The molecule has 20 heavy (non-hydrogen) atoms. The lowest BCUT2D eigenvalue weighted by atomic mass is 10.2. The van der Waals surface area contributed by atoms with Crippen molar-refractivity contribution in [2.75, 3.05) is 0 Å². The van der Waals surface area contributed by atoms with Crippen LogP contribution in [0.5, 0.6) is 0 Å². The van der Waals surface area contributed by atoms with Gasteiger partial charge >= 0.3 is 5.97 Å². The van der Waals surface area contributed by atoms with E-state index in [1.54, 1.807) is 6.92 Å². The van der Waals surface area contributed by atoms with E-state index < -0.39 is 16.0 Å². The molecule has 0 aromatic carbocycles. The lowest BCUT2D eigenvalue weighted by molar-refractivity contribution is 0.0695. The summed E-state index contributed by atoms with van der Waals surface area (Å²) in [5.74, 6) is -0.665. The second-order valence-corrected chi connectivity index (χ2v) is 5.91. The topological polar surface area (TPSA) is 125 Å². The van der Waals surface area contributed by atoms with Crippen LogP contribution in [0.4, 0.5) is 0 Å². The number of sulfonamides is 1. The molecule has 0 spiro atoms. The van der Waals surface area contributed by atoms with Gasteiger partial charge in [-0.05, 0) is 19.9 Å². The normalized spacial score (nSPS) is 11.7. The molecule has 0 saturated carbocycles. The van der Waals surface area contributed by atoms with E-state index >= 15 is 0 Å². The van der Waals surface area contributed by atoms with Crippen molar-refractivity contribution in [3.63, 3.8) is 0 Å². The molecule has 0 bridgehead atoms. The predicted molar refractivity (Wildman–Crippen MR) is 67.8 cm³/mol. The maximum Gasteiger partial charge on any atom is 0.339 e. The third kappa shape index (κ3) is 2.73. The van der Waals surface area contributed by atoms with E-state index in [4.69, 9.17) is 9.52 Å². The van der Waals surface area contributed by atoms with Gasteiger partial charge in [0.2, 0.25) is 10.0 Å². The molecule has 0 atom stereocenters. The fraction of sp³-hybridized carbons (Fsp3) is 0.273. The molecule has 0 unspecified atom stereocenters. The van der Waals surface area contributed by atoms with Gasteiger partial charge in [0.15, 0.2) is 0 Å². The first-order valence-corrected chi connectivity index (χ1v) is 7.12. The summed E-state index contributed by atoms with van der Waals surface area (Å²) < 4.78 is 31.5. The van der Waals surface area contributed by atoms with E-state index in [0.29, 0.717) is 5.69 Å². The molecular weight excluding hydrogens is 286 g/mol. The van der Waals surface area contributed by atoms with E-state index in [9.17, 15) is 13.2 Å². The van der Waals surface area contributed by atoms with Gasteiger partial charge in [0.05, 0.1) is 18.4 Å². The maximum absolute atomic E-state index is 12.0. The van der Waals surface area contributed by atoms with Crippen molar-refractivity contribution in [2.24, 2.45) is 0 Å². The number of H-pyrrole nitrogens is 1. The first kappa shape index (κ1) is 14.3. The number of aromatic amines is 1. The predicted octanol–water partition coefficient (Wildman–Crippen LogP) is 0.796. The highest BCUT2D eigenvalue weighted by Crippen LogP contribution is 2.16. The third-order valence-electron chi connectivity index (χ3n) is 2.71.